The third-order valence-electron chi connectivity index (χ3n) is 3.21. The topological polar surface area (TPSA) is 55.0 Å². The number of aromatic nitrogens is 2. The van der Waals surface area contributed by atoms with E-state index in [-0.39, 0.29) is 0 Å². The van der Waals surface area contributed by atoms with Crippen LogP contribution < -0.4 is 5.73 Å². The van der Waals surface area contributed by atoms with Crippen molar-refractivity contribution in [2.24, 2.45) is 5.92 Å². The number of anilines is 1. The first-order valence-corrected chi connectivity index (χ1v) is 6.25. The lowest BCUT2D eigenvalue weighted by Gasteiger charge is -2.35. The van der Waals surface area contributed by atoms with Crippen molar-refractivity contribution in [3.63, 3.8) is 0 Å². The quantitative estimate of drug-likeness (QED) is 0.834. The van der Waals surface area contributed by atoms with E-state index in [4.69, 9.17) is 5.73 Å². The van der Waals surface area contributed by atoms with Gasteiger partial charge in [0.2, 0.25) is 0 Å². The Labute approximate surface area is 94.6 Å². The second-order valence-electron chi connectivity index (χ2n) is 4.53. The second kappa shape index (κ2) is 4.45. The lowest BCUT2D eigenvalue weighted by atomic mass is 9.93. The van der Waals surface area contributed by atoms with Crippen LogP contribution in [0.5, 0.6) is 0 Å². The van der Waals surface area contributed by atoms with Crippen LogP contribution in [0.3, 0.4) is 0 Å². The van der Waals surface area contributed by atoms with Crippen molar-refractivity contribution in [1.82, 2.24) is 14.5 Å². The maximum Gasteiger partial charge on any atom is 0.132 e. The normalized spacial score (nSPS) is 28.1. The molecule has 0 saturated carbocycles. The summed E-state index contributed by atoms with van der Waals surface area (Å²) in [6, 6.07) is 0.634. The van der Waals surface area contributed by atoms with Crippen molar-refractivity contribution in [1.29, 1.82) is 0 Å². The first-order chi connectivity index (χ1) is 7.16. The molecule has 5 heteroatoms. The molecule has 1 aliphatic rings. The van der Waals surface area contributed by atoms with Gasteiger partial charge in [-0.15, -0.1) is 5.10 Å². The van der Waals surface area contributed by atoms with E-state index in [1.54, 1.807) is 0 Å². The van der Waals surface area contributed by atoms with Gasteiger partial charge in [0.15, 0.2) is 0 Å². The molecule has 2 N–H and O–H groups in total. The predicted molar refractivity (Wildman–Crippen MR) is 62.6 cm³/mol. The van der Waals surface area contributed by atoms with Gasteiger partial charge in [-0.1, -0.05) is 11.4 Å². The maximum atomic E-state index is 5.80. The second-order valence-corrected chi connectivity index (χ2v) is 5.32. The molecule has 0 bridgehead atoms. The number of rotatable bonds is 2. The van der Waals surface area contributed by atoms with Crippen molar-refractivity contribution < 1.29 is 0 Å². The standard InChI is InChI=1S/C10H18N4S/c1-7-3-4-14(8(2)5-7)6-9-10(11)15-13-12-9/h7-8H,3-6,11H2,1-2H3. The molecule has 0 amide bonds. The Bertz CT molecular complexity index is 325. The van der Waals surface area contributed by atoms with Crippen LogP contribution in [-0.2, 0) is 6.54 Å². The van der Waals surface area contributed by atoms with Crippen molar-refractivity contribution in [2.75, 3.05) is 12.3 Å². The van der Waals surface area contributed by atoms with Gasteiger partial charge in [0.25, 0.3) is 0 Å². The number of piperidine rings is 1. The summed E-state index contributed by atoms with van der Waals surface area (Å²) in [5, 5.41) is 4.83. The van der Waals surface area contributed by atoms with E-state index in [0.717, 1.165) is 29.7 Å². The minimum absolute atomic E-state index is 0.634. The number of likely N-dealkylation sites (tertiary alicyclic amines) is 1. The molecular formula is C10H18N4S. The Morgan fingerprint density at radius 1 is 1.53 bits per heavy atom. The minimum atomic E-state index is 0.634. The first kappa shape index (κ1) is 10.8. The average molecular weight is 226 g/mol. The van der Waals surface area contributed by atoms with Gasteiger partial charge in [-0.3, -0.25) is 4.90 Å². The van der Waals surface area contributed by atoms with E-state index in [1.165, 1.54) is 24.4 Å². The monoisotopic (exact) mass is 226 g/mol. The Morgan fingerprint density at radius 2 is 2.33 bits per heavy atom. The Balaban J connectivity index is 1.98. The van der Waals surface area contributed by atoms with Crippen LogP contribution in [0.15, 0.2) is 0 Å². The maximum absolute atomic E-state index is 5.80. The fourth-order valence-corrected chi connectivity index (χ4v) is 2.65. The van der Waals surface area contributed by atoms with Crippen molar-refractivity contribution >= 4 is 16.5 Å². The summed E-state index contributed by atoms with van der Waals surface area (Å²) < 4.78 is 3.87. The van der Waals surface area contributed by atoms with E-state index in [2.05, 4.69) is 28.3 Å². The van der Waals surface area contributed by atoms with Crippen molar-refractivity contribution in [3.8, 4) is 0 Å². The molecule has 0 radical (unpaired) electrons. The Morgan fingerprint density at radius 3 is 2.93 bits per heavy atom. The van der Waals surface area contributed by atoms with Crippen LogP contribution in [0.25, 0.3) is 0 Å². The SMILES string of the molecule is CC1CCN(Cc2nnsc2N)C(C)C1. The summed E-state index contributed by atoms with van der Waals surface area (Å²) in [5.41, 5.74) is 6.74. The summed E-state index contributed by atoms with van der Waals surface area (Å²) in [6.07, 6.45) is 2.55. The molecular weight excluding hydrogens is 208 g/mol. The molecule has 0 aliphatic carbocycles. The molecule has 0 aromatic carbocycles. The van der Waals surface area contributed by atoms with E-state index < -0.39 is 0 Å². The van der Waals surface area contributed by atoms with Gasteiger partial charge in [-0.2, -0.15) is 0 Å². The highest BCUT2D eigenvalue weighted by Gasteiger charge is 2.23. The molecule has 1 aromatic heterocycles. The molecule has 15 heavy (non-hydrogen) atoms. The molecule has 1 saturated heterocycles. The van der Waals surface area contributed by atoms with Crippen LogP contribution >= 0.6 is 11.5 Å². The van der Waals surface area contributed by atoms with Gasteiger partial charge in [-0.25, -0.2) is 0 Å². The first-order valence-electron chi connectivity index (χ1n) is 5.47. The molecule has 2 rings (SSSR count). The van der Waals surface area contributed by atoms with Gasteiger partial charge in [0, 0.05) is 24.1 Å². The molecule has 2 atom stereocenters. The van der Waals surface area contributed by atoms with E-state index >= 15 is 0 Å². The number of nitrogens with two attached hydrogens (primary N) is 1. The van der Waals surface area contributed by atoms with Gasteiger partial charge < -0.3 is 5.73 Å². The van der Waals surface area contributed by atoms with Crippen molar-refractivity contribution in [2.45, 2.75) is 39.3 Å². The Hall–Kier alpha value is -0.680. The number of nitrogens with zero attached hydrogens (tertiary/aromatic N) is 3. The number of hydrogen-bond donors (Lipinski definition) is 1. The molecule has 1 aromatic rings. The van der Waals surface area contributed by atoms with Crippen LogP contribution in [0, 0.1) is 5.92 Å². The molecule has 4 nitrogen and oxygen atoms in total. The summed E-state index contributed by atoms with van der Waals surface area (Å²) in [5.74, 6) is 0.849. The highest BCUT2D eigenvalue weighted by molar-refractivity contribution is 7.09. The van der Waals surface area contributed by atoms with Gasteiger partial charge >= 0.3 is 0 Å². The average Bonchev–Trinajstić information content (AvgIpc) is 2.57. The summed E-state index contributed by atoms with van der Waals surface area (Å²) >= 11 is 1.28. The zero-order valence-electron chi connectivity index (χ0n) is 9.31. The predicted octanol–water partition coefficient (Wildman–Crippen LogP) is 1.74. The summed E-state index contributed by atoms with van der Waals surface area (Å²) in [6.45, 7) is 6.62. The van der Waals surface area contributed by atoms with Crippen LogP contribution in [0.4, 0.5) is 5.00 Å². The zero-order valence-corrected chi connectivity index (χ0v) is 10.1. The number of nitrogen functional groups attached to an aromatic ring is 1. The fourth-order valence-electron chi connectivity index (χ4n) is 2.21. The van der Waals surface area contributed by atoms with Crippen LogP contribution in [-0.4, -0.2) is 27.1 Å². The third-order valence-corrected chi connectivity index (χ3v) is 3.81. The third kappa shape index (κ3) is 2.46. The largest absolute Gasteiger partial charge is 0.388 e. The molecule has 1 fully saturated rings. The summed E-state index contributed by atoms with van der Waals surface area (Å²) in [4.78, 5) is 2.45. The molecule has 84 valence electrons. The van der Waals surface area contributed by atoms with Gasteiger partial charge in [-0.05, 0) is 32.2 Å². The smallest absolute Gasteiger partial charge is 0.132 e. The molecule has 0 spiro atoms. The van der Waals surface area contributed by atoms with E-state index in [1.807, 2.05) is 0 Å². The Kier molecular flexibility index (Phi) is 3.21. The van der Waals surface area contributed by atoms with E-state index in [0.29, 0.717) is 6.04 Å². The fraction of sp³-hybridized carbons (Fsp3) is 0.800. The summed E-state index contributed by atoms with van der Waals surface area (Å²) in [7, 11) is 0. The molecule has 2 unspecified atom stereocenters. The highest BCUT2D eigenvalue weighted by Crippen LogP contribution is 2.25. The zero-order chi connectivity index (χ0) is 10.8. The number of hydrogen-bond acceptors (Lipinski definition) is 5. The molecule has 2 heterocycles. The minimum Gasteiger partial charge on any atom is -0.388 e. The van der Waals surface area contributed by atoms with Crippen LogP contribution in [0.1, 0.15) is 32.4 Å². The van der Waals surface area contributed by atoms with Gasteiger partial charge in [0.1, 0.15) is 10.7 Å². The van der Waals surface area contributed by atoms with E-state index in [9.17, 15) is 0 Å². The van der Waals surface area contributed by atoms with Gasteiger partial charge in [0.05, 0.1) is 0 Å². The lowest BCUT2D eigenvalue weighted by molar-refractivity contribution is 0.121. The van der Waals surface area contributed by atoms with Crippen molar-refractivity contribution in [3.05, 3.63) is 5.69 Å². The molecule has 1 aliphatic heterocycles. The highest BCUT2D eigenvalue weighted by atomic mass is 32.1. The van der Waals surface area contributed by atoms with Crippen LogP contribution in [0.2, 0.25) is 0 Å². The lowest BCUT2D eigenvalue weighted by Crippen LogP contribution is -2.39.